The summed E-state index contributed by atoms with van der Waals surface area (Å²) in [5, 5.41) is 0. The molecule has 0 rings (SSSR count). The van der Waals surface area contributed by atoms with Gasteiger partial charge in [0, 0.05) is 4.75 Å². The fraction of sp³-hybridized carbons (Fsp3) is 1.00. The average molecular weight is 202 g/mol. The van der Waals surface area contributed by atoms with Gasteiger partial charge in [0.1, 0.15) is 0 Å². The number of thioether (sulfide) groups is 1. The van der Waals surface area contributed by atoms with Crippen LogP contribution in [0.25, 0.3) is 0 Å². The molecule has 0 aromatic rings. The van der Waals surface area contributed by atoms with E-state index in [4.69, 9.17) is 0 Å². The van der Waals surface area contributed by atoms with Crippen LogP contribution in [0.4, 0.5) is 0 Å². The first-order chi connectivity index (χ1) is 5.63. The van der Waals surface area contributed by atoms with Crippen molar-refractivity contribution >= 4 is 11.8 Å². The highest BCUT2D eigenvalue weighted by molar-refractivity contribution is 8.00. The Bertz CT molecular complexity index is 136. The summed E-state index contributed by atoms with van der Waals surface area (Å²) >= 11 is 2.08. The van der Waals surface area contributed by atoms with Gasteiger partial charge in [-0.2, -0.15) is 11.8 Å². The lowest BCUT2D eigenvalue weighted by Gasteiger charge is -2.28. The number of rotatable bonds is 3. The Labute approximate surface area is 88.9 Å². The molecule has 13 heavy (non-hydrogen) atoms. The molecule has 0 N–H and O–H groups in total. The Morgan fingerprint density at radius 1 is 1.00 bits per heavy atom. The second-order valence-corrected chi connectivity index (χ2v) is 7.94. The van der Waals surface area contributed by atoms with Crippen molar-refractivity contribution < 1.29 is 0 Å². The van der Waals surface area contributed by atoms with E-state index in [2.05, 4.69) is 60.2 Å². The molecule has 0 aromatic heterocycles. The van der Waals surface area contributed by atoms with Crippen LogP contribution >= 0.6 is 11.8 Å². The Morgan fingerprint density at radius 3 is 1.77 bits per heavy atom. The zero-order chi connectivity index (χ0) is 10.7. The predicted octanol–water partition coefficient (Wildman–Crippen LogP) is 4.59. The van der Waals surface area contributed by atoms with Gasteiger partial charge in [-0.3, -0.25) is 0 Å². The summed E-state index contributed by atoms with van der Waals surface area (Å²) < 4.78 is 0.428. The molecular weight excluding hydrogens is 176 g/mol. The summed E-state index contributed by atoms with van der Waals surface area (Å²) in [7, 11) is 0. The number of hydrogen-bond acceptors (Lipinski definition) is 1. The maximum atomic E-state index is 2.36. The smallest absolute Gasteiger partial charge is 0.00750 e. The molecular formula is C12H26S. The second-order valence-electron chi connectivity index (χ2n) is 6.02. The molecule has 0 heterocycles. The van der Waals surface area contributed by atoms with Crippen molar-refractivity contribution in [2.45, 2.75) is 59.6 Å². The molecule has 0 nitrogen and oxygen atoms in total. The van der Waals surface area contributed by atoms with Crippen LogP contribution in [-0.2, 0) is 0 Å². The van der Waals surface area contributed by atoms with E-state index in [1.807, 2.05) is 0 Å². The Hall–Kier alpha value is 0.350. The molecule has 80 valence electrons. The van der Waals surface area contributed by atoms with E-state index >= 15 is 0 Å². The van der Waals surface area contributed by atoms with Crippen LogP contribution in [0.3, 0.4) is 0 Å². The minimum Gasteiger partial charge on any atom is -0.156 e. The quantitative estimate of drug-likeness (QED) is 0.645. The fourth-order valence-corrected chi connectivity index (χ4v) is 2.06. The van der Waals surface area contributed by atoms with Crippen molar-refractivity contribution in [3.05, 3.63) is 0 Å². The zero-order valence-electron chi connectivity index (χ0n) is 10.4. The van der Waals surface area contributed by atoms with Gasteiger partial charge < -0.3 is 0 Å². The van der Waals surface area contributed by atoms with E-state index in [9.17, 15) is 0 Å². The van der Waals surface area contributed by atoms with Crippen LogP contribution in [0.1, 0.15) is 54.9 Å². The average Bonchev–Trinajstić information content (AvgIpc) is 1.82. The highest BCUT2D eigenvalue weighted by atomic mass is 32.2. The lowest BCUT2D eigenvalue weighted by molar-refractivity contribution is 0.256. The van der Waals surface area contributed by atoms with Crippen molar-refractivity contribution in [2.75, 3.05) is 5.75 Å². The normalized spacial score (nSPS) is 15.9. The van der Waals surface area contributed by atoms with Gasteiger partial charge in [0.05, 0.1) is 0 Å². The zero-order valence-corrected chi connectivity index (χ0v) is 11.2. The summed E-state index contributed by atoms with van der Waals surface area (Å²) in [6.07, 6.45) is 1.34. The summed E-state index contributed by atoms with van der Waals surface area (Å²) in [4.78, 5) is 0. The molecule has 0 saturated carbocycles. The fourth-order valence-electron chi connectivity index (χ4n) is 0.975. The molecule has 0 aliphatic heterocycles. The van der Waals surface area contributed by atoms with Crippen LogP contribution in [0.15, 0.2) is 0 Å². The molecule has 0 radical (unpaired) electrons. The molecule has 0 amide bonds. The maximum absolute atomic E-state index is 2.36. The van der Waals surface area contributed by atoms with Crippen LogP contribution in [-0.4, -0.2) is 10.5 Å². The SMILES string of the molecule is CC(CCSC(C)(C)C)C(C)(C)C. The van der Waals surface area contributed by atoms with E-state index in [1.54, 1.807) is 0 Å². The summed E-state index contributed by atoms with van der Waals surface area (Å²) in [5.74, 6) is 2.12. The predicted molar refractivity (Wildman–Crippen MR) is 65.4 cm³/mol. The molecule has 0 aliphatic carbocycles. The topological polar surface area (TPSA) is 0 Å². The van der Waals surface area contributed by atoms with E-state index in [-0.39, 0.29) is 0 Å². The number of hydrogen-bond donors (Lipinski definition) is 0. The third-order valence-electron chi connectivity index (χ3n) is 2.56. The van der Waals surface area contributed by atoms with Crippen molar-refractivity contribution in [3.8, 4) is 0 Å². The van der Waals surface area contributed by atoms with E-state index < -0.39 is 0 Å². The molecule has 1 unspecified atom stereocenters. The van der Waals surface area contributed by atoms with Crippen LogP contribution in [0, 0.1) is 11.3 Å². The van der Waals surface area contributed by atoms with Gasteiger partial charge in [0.25, 0.3) is 0 Å². The molecule has 0 aromatic carbocycles. The van der Waals surface area contributed by atoms with Crippen molar-refractivity contribution in [3.63, 3.8) is 0 Å². The van der Waals surface area contributed by atoms with E-state index in [0.29, 0.717) is 10.2 Å². The van der Waals surface area contributed by atoms with Gasteiger partial charge in [0.15, 0.2) is 0 Å². The molecule has 0 saturated heterocycles. The second kappa shape index (κ2) is 4.72. The first-order valence-corrected chi connectivity index (χ1v) is 6.25. The summed E-state index contributed by atoms with van der Waals surface area (Å²) in [5.41, 5.74) is 0.471. The molecule has 0 spiro atoms. The largest absolute Gasteiger partial charge is 0.156 e. The minimum atomic E-state index is 0.428. The Balaban J connectivity index is 3.67. The maximum Gasteiger partial charge on any atom is 0.00750 e. The summed E-state index contributed by atoms with van der Waals surface area (Å²) in [6.45, 7) is 16.2. The van der Waals surface area contributed by atoms with Gasteiger partial charge in [-0.15, -0.1) is 0 Å². The molecule has 0 fully saturated rings. The molecule has 0 aliphatic rings. The first kappa shape index (κ1) is 13.4. The Morgan fingerprint density at radius 2 is 1.46 bits per heavy atom. The van der Waals surface area contributed by atoms with E-state index in [0.717, 1.165) is 5.92 Å². The minimum absolute atomic E-state index is 0.428. The van der Waals surface area contributed by atoms with Crippen molar-refractivity contribution in [1.82, 2.24) is 0 Å². The summed E-state index contributed by atoms with van der Waals surface area (Å²) in [6, 6.07) is 0. The first-order valence-electron chi connectivity index (χ1n) is 5.27. The molecule has 1 atom stereocenters. The highest BCUT2D eigenvalue weighted by Gasteiger charge is 2.20. The third-order valence-corrected chi connectivity index (χ3v) is 3.87. The van der Waals surface area contributed by atoms with Crippen LogP contribution in [0.2, 0.25) is 0 Å². The standard InChI is InChI=1S/C12H26S/c1-10(11(2,3)4)8-9-13-12(5,6)7/h10H,8-9H2,1-7H3. The molecule has 0 bridgehead atoms. The van der Waals surface area contributed by atoms with Gasteiger partial charge in [-0.05, 0) is 23.5 Å². The van der Waals surface area contributed by atoms with Gasteiger partial charge in [0.2, 0.25) is 0 Å². The Kier molecular flexibility index (Phi) is 4.85. The van der Waals surface area contributed by atoms with Crippen LogP contribution < -0.4 is 0 Å². The monoisotopic (exact) mass is 202 g/mol. The van der Waals surface area contributed by atoms with Crippen molar-refractivity contribution in [2.24, 2.45) is 11.3 Å². The van der Waals surface area contributed by atoms with Gasteiger partial charge >= 0.3 is 0 Å². The van der Waals surface area contributed by atoms with Crippen LogP contribution in [0.5, 0.6) is 0 Å². The lowest BCUT2D eigenvalue weighted by atomic mass is 9.81. The lowest BCUT2D eigenvalue weighted by Crippen LogP contribution is -2.19. The third kappa shape index (κ3) is 7.42. The van der Waals surface area contributed by atoms with Crippen molar-refractivity contribution in [1.29, 1.82) is 0 Å². The van der Waals surface area contributed by atoms with Gasteiger partial charge in [-0.25, -0.2) is 0 Å². The molecule has 1 heteroatoms. The van der Waals surface area contributed by atoms with Gasteiger partial charge in [-0.1, -0.05) is 48.5 Å². The highest BCUT2D eigenvalue weighted by Crippen LogP contribution is 2.31. The van der Waals surface area contributed by atoms with E-state index in [1.165, 1.54) is 12.2 Å².